The van der Waals surface area contributed by atoms with Crippen LogP contribution in [0.15, 0.2) is 24.4 Å². The van der Waals surface area contributed by atoms with E-state index in [1.165, 1.54) is 12.8 Å². The summed E-state index contributed by atoms with van der Waals surface area (Å²) in [4.78, 5) is 18.3. The molecule has 2 aliphatic rings. The Morgan fingerprint density at radius 2 is 1.96 bits per heavy atom. The van der Waals surface area contributed by atoms with Gasteiger partial charge in [-0.15, -0.1) is 0 Å². The molecule has 1 saturated heterocycles. The van der Waals surface area contributed by atoms with Gasteiger partial charge in [-0.05, 0) is 30.9 Å². The van der Waals surface area contributed by atoms with Gasteiger partial charge in [-0.2, -0.15) is 0 Å². The van der Waals surface area contributed by atoms with Crippen LogP contribution in [0.3, 0.4) is 0 Å². The molecule has 1 aliphatic carbocycles. The fourth-order valence-electron chi connectivity index (χ4n) is 4.71. The Morgan fingerprint density at radius 1 is 1.19 bits per heavy atom. The van der Waals surface area contributed by atoms with Crippen molar-refractivity contribution in [2.75, 3.05) is 32.6 Å². The number of carbonyl (C=O) groups excluding carboxylic acids is 1. The number of benzene rings is 1. The van der Waals surface area contributed by atoms with Crippen molar-refractivity contribution in [1.82, 2.24) is 9.88 Å². The highest BCUT2D eigenvalue weighted by Gasteiger charge is 2.41. The third-order valence-corrected chi connectivity index (χ3v) is 6.13. The molecule has 0 radical (unpaired) electrons. The van der Waals surface area contributed by atoms with Crippen LogP contribution in [-0.4, -0.2) is 49.1 Å². The van der Waals surface area contributed by atoms with Crippen LogP contribution in [0, 0.1) is 11.8 Å². The summed E-state index contributed by atoms with van der Waals surface area (Å²) >= 11 is 0. The van der Waals surface area contributed by atoms with Gasteiger partial charge in [-0.3, -0.25) is 9.78 Å². The van der Waals surface area contributed by atoms with Crippen molar-refractivity contribution in [3.63, 3.8) is 0 Å². The predicted molar refractivity (Wildman–Crippen MR) is 105 cm³/mol. The van der Waals surface area contributed by atoms with Crippen molar-refractivity contribution in [3.8, 4) is 11.5 Å². The lowest BCUT2D eigenvalue weighted by molar-refractivity contribution is -0.128. The number of fused-ring (bicyclic) bond motifs is 2. The van der Waals surface area contributed by atoms with Gasteiger partial charge in [0.15, 0.2) is 11.5 Å². The molecule has 0 spiro atoms. The summed E-state index contributed by atoms with van der Waals surface area (Å²) in [6.45, 7) is 3.44. The van der Waals surface area contributed by atoms with E-state index in [1.807, 2.05) is 29.3 Å². The first-order valence-corrected chi connectivity index (χ1v) is 9.63. The summed E-state index contributed by atoms with van der Waals surface area (Å²) in [5, 5.41) is 4.80. The number of rotatable bonds is 4. The van der Waals surface area contributed by atoms with Crippen LogP contribution in [0.25, 0.3) is 10.9 Å². The van der Waals surface area contributed by atoms with Gasteiger partial charge in [-0.1, -0.05) is 6.42 Å². The zero-order chi connectivity index (χ0) is 19.0. The molecule has 6 heteroatoms. The molecule has 6 nitrogen and oxygen atoms in total. The third kappa shape index (κ3) is 3.29. The first kappa shape index (κ1) is 17.9. The Hall–Kier alpha value is -2.50. The molecule has 27 heavy (non-hydrogen) atoms. The SMILES string of the molecule is COc1cc2nccc(NC3CCCC4CN(C(C)=O)CC43)c2cc1OC. The number of anilines is 1. The maximum absolute atomic E-state index is 11.8. The molecule has 1 aliphatic heterocycles. The number of ether oxygens (including phenoxy) is 2. The number of likely N-dealkylation sites (tertiary alicyclic amines) is 1. The molecule has 1 amide bonds. The van der Waals surface area contributed by atoms with Crippen molar-refractivity contribution in [1.29, 1.82) is 0 Å². The second-order valence-corrected chi connectivity index (χ2v) is 7.61. The second kappa shape index (κ2) is 7.25. The van der Waals surface area contributed by atoms with Crippen molar-refractivity contribution in [3.05, 3.63) is 24.4 Å². The van der Waals surface area contributed by atoms with Crippen molar-refractivity contribution in [2.45, 2.75) is 32.2 Å². The maximum atomic E-state index is 11.8. The molecule has 0 bridgehead atoms. The monoisotopic (exact) mass is 369 g/mol. The topological polar surface area (TPSA) is 63.7 Å². The lowest BCUT2D eigenvalue weighted by Crippen LogP contribution is -2.37. The van der Waals surface area contributed by atoms with Crippen LogP contribution < -0.4 is 14.8 Å². The number of hydrogen-bond acceptors (Lipinski definition) is 5. The number of amides is 1. The zero-order valence-electron chi connectivity index (χ0n) is 16.2. The number of nitrogens with zero attached hydrogens (tertiary/aromatic N) is 2. The van der Waals surface area contributed by atoms with Gasteiger partial charge in [0.25, 0.3) is 0 Å². The molecule has 2 heterocycles. The van der Waals surface area contributed by atoms with Gasteiger partial charge < -0.3 is 19.7 Å². The summed E-state index contributed by atoms with van der Waals surface area (Å²) in [6, 6.07) is 6.29. The van der Waals surface area contributed by atoms with Gasteiger partial charge >= 0.3 is 0 Å². The summed E-state index contributed by atoms with van der Waals surface area (Å²) in [5.41, 5.74) is 1.94. The minimum Gasteiger partial charge on any atom is -0.493 e. The van der Waals surface area contributed by atoms with E-state index in [0.717, 1.165) is 36.1 Å². The molecule has 3 atom stereocenters. The second-order valence-electron chi connectivity index (χ2n) is 7.61. The minimum absolute atomic E-state index is 0.189. The van der Waals surface area contributed by atoms with Crippen molar-refractivity contribution in [2.24, 2.45) is 11.8 Å². The molecular formula is C21H27N3O3. The molecular weight excluding hydrogens is 342 g/mol. The molecule has 2 fully saturated rings. The Bertz CT molecular complexity index is 854. The lowest BCUT2D eigenvalue weighted by atomic mass is 9.78. The van der Waals surface area contributed by atoms with Crippen LogP contribution in [0.4, 0.5) is 5.69 Å². The highest BCUT2D eigenvalue weighted by Crippen LogP contribution is 2.40. The number of pyridine rings is 1. The van der Waals surface area contributed by atoms with Crippen LogP contribution >= 0.6 is 0 Å². The number of nitrogens with one attached hydrogen (secondary N) is 1. The van der Waals surface area contributed by atoms with Gasteiger partial charge in [0.2, 0.25) is 5.91 Å². The van der Waals surface area contributed by atoms with Crippen LogP contribution in [0.2, 0.25) is 0 Å². The Labute approximate surface area is 159 Å². The van der Waals surface area contributed by atoms with E-state index >= 15 is 0 Å². The Morgan fingerprint density at radius 3 is 2.70 bits per heavy atom. The van der Waals surface area contributed by atoms with Crippen LogP contribution in [-0.2, 0) is 4.79 Å². The molecule has 2 aromatic rings. The average molecular weight is 369 g/mol. The minimum atomic E-state index is 0.189. The summed E-state index contributed by atoms with van der Waals surface area (Å²) < 4.78 is 10.9. The summed E-state index contributed by atoms with van der Waals surface area (Å²) in [6.07, 6.45) is 5.37. The fraction of sp³-hybridized carbons (Fsp3) is 0.524. The van der Waals surface area contributed by atoms with Crippen LogP contribution in [0.5, 0.6) is 11.5 Å². The van der Waals surface area contributed by atoms with E-state index in [9.17, 15) is 4.79 Å². The average Bonchev–Trinajstić information content (AvgIpc) is 3.13. The molecule has 1 aromatic heterocycles. The summed E-state index contributed by atoms with van der Waals surface area (Å²) in [7, 11) is 3.28. The smallest absolute Gasteiger partial charge is 0.219 e. The molecule has 4 rings (SSSR count). The number of aromatic nitrogens is 1. The maximum Gasteiger partial charge on any atom is 0.219 e. The van der Waals surface area contributed by atoms with Gasteiger partial charge in [0.1, 0.15) is 0 Å². The van der Waals surface area contributed by atoms with Gasteiger partial charge in [-0.25, -0.2) is 0 Å². The van der Waals surface area contributed by atoms with Gasteiger partial charge in [0, 0.05) is 55.3 Å². The quantitative estimate of drug-likeness (QED) is 0.896. The normalized spacial score (nSPS) is 24.6. The first-order chi connectivity index (χ1) is 13.1. The number of carbonyl (C=O) groups is 1. The van der Waals surface area contributed by atoms with E-state index < -0.39 is 0 Å². The van der Waals surface area contributed by atoms with Crippen molar-refractivity contribution >= 4 is 22.5 Å². The highest BCUT2D eigenvalue weighted by atomic mass is 16.5. The van der Waals surface area contributed by atoms with Crippen molar-refractivity contribution < 1.29 is 14.3 Å². The van der Waals surface area contributed by atoms with Gasteiger partial charge in [0.05, 0.1) is 19.7 Å². The summed E-state index contributed by atoms with van der Waals surface area (Å²) in [5.74, 6) is 2.68. The Kier molecular flexibility index (Phi) is 4.81. The molecule has 1 N–H and O–H groups in total. The largest absolute Gasteiger partial charge is 0.493 e. The van der Waals surface area contributed by atoms with E-state index in [1.54, 1.807) is 21.1 Å². The lowest BCUT2D eigenvalue weighted by Gasteiger charge is -2.34. The number of methoxy groups -OCH3 is 2. The molecule has 1 aromatic carbocycles. The molecule has 144 valence electrons. The van der Waals surface area contributed by atoms with E-state index in [0.29, 0.717) is 29.4 Å². The fourth-order valence-corrected chi connectivity index (χ4v) is 4.71. The first-order valence-electron chi connectivity index (χ1n) is 9.63. The standard InChI is InChI=1S/C21H27N3O3/c1-13(25)24-11-14-5-4-6-17(16(14)12-24)23-18-7-8-22-19-10-21(27-3)20(26-2)9-15(18)19/h7-10,14,16-17H,4-6,11-12H2,1-3H3,(H,22,23). The van der Waals surface area contributed by atoms with Crippen LogP contribution in [0.1, 0.15) is 26.2 Å². The van der Waals surface area contributed by atoms with E-state index in [4.69, 9.17) is 9.47 Å². The zero-order valence-corrected chi connectivity index (χ0v) is 16.2. The number of hydrogen-bond donors (Lipinski definition) is 1. The highest BCUT2D eigenvalue weighted by molar-refractivity contribution is 5.93. The van der Waals surface area contributed by atoms with E-state index in [2.05, 4.69) is 10.3 Å². The molecule has 3 unspecified atom stereocenters. The Balaban J connectivity index is 1.64. The molecule has 1 saturated carbocycles. The third-order valence-electron chi connectivity index (χ3n) is 6.13. The van der Waals surface area contributed by atoms with E-state index in [-0.39, 0.29) is 5.91 Å². The predicted octanol–water partition coefficient (Wildman–Crippen LogP) is 3.31.